The minimum Gasteiger partial charge on any atom is -0.255 e. The van der Waals surface area contributed by atoms with Crippen molar-refractivity contribution in [2.75, 3.05) is 11.0 Å². The summed E-state index contributed by atoms with van der Waals surface area (Å²) in [5.41, 5.74) is 1.91. The van der Waals surface area contributed by atoms with Gasteiger partial charge >= 0.3 is 0 Å². The van der Waals surface area contributed by atoms with Gasteiger partial charge < -0.3 is 0 Å². The lowest BCUT2D eigenvalue weighted by molar-refractivity contribution is 0.584. The fourth-order valence-electron chi connectivity index (χ4n) is 2.71. The van der Waals surface area contributed by atoms with Gasteiger partial charge in [-0.2, -0.15) is 0 Å². The van der Waals surface area contributed by atoms with E-state index in [0.717, 1.165) is 23.2 Å². The number of nitrogens with zero attached hydrogens (tertiary/aromatic N) is 1. The number of thiazole rings is 1. The zero-order chi connectivity index (χ0) is 20.9. The third kappa shape index (κ3) is 4.21. The van der Waals surface area contributed by atoms with Crippen molar-refractivity contribution in [1.82, 2.24) is 4.98 Å². The molecule has 0 fully saturated rings. The predicted octanol–water partition coefficient (Wildman–Crippen LogP) is 4.11. The van der Waals surface area contributed by atoms with E-state index in [4.69, 9.17) is 0 Å². The number of anilines is 1. The van der Waals surface area contributed by atoms with Gasteiger partial charge in [-0.25, -0.2) is 21.8 Å². The van der Waals surface area contributed by atoms with E-state index in [9.17, 15) is 16.8 Å². The Kier molecular flexibility index (Phi) is 5.06. The molecule has 0 aliphatic carbocycles. The monoisotopic (exact) mass is 438 g/mol. The molecule has 3 rings (SSSR count). The number of fused-ring (bicyclic) bond motifs is 1. The molecule has 0 saturated carbocycles. The highest BCUT2D eigenvalue weighted by Gasteiger charge is 2.23. The number of hydrogen-bond donors (Lipinski definition) is 1. The molecule has 2 aromatic carbocycles. The summed E-state index contributed by atoms with van der Waals surface area (Å²) in [7, 11) is -7.18. The van der Waals surface area contributed by atoms with Crippen molar-refractivity contribution in [3.8, 4) is 0 Å². The van der Waals surface area contributed by atoms with Gasteiger partial charge in [0.1, 0.15) is 0 Å². The average Bonchev–Trinajstić information content (AvgIpc) is 2.93. The van der Waals surface area contributed by atoms with Crippen LogP contribution in [0, 0.1) is 6.92 Å². The highest BCUT2D eigenvalue weighted by molar-refractivity contribution is 7.93. The second-order valence-corrected chi connectivity index (χ2v) is 12.5. The van der Waals surface area contributed by atoms with Gasteiger partial charge in [-0.1, -0.05) is 44.2 Å². The largest absolute Gasteiger partial charge is 0.263 e. The molecule has 0 spiro atoms. The molecule has 28 heavy (non-hydrogen) atoms. The van der Waals surface area contributed by atoms with E-state index in [1.54, 1.807) is 25.1 Å². The van der Waals surface area contributed by atoms with Crippen LogP contribution in [0.1, 0.15) is 31.9 Å². The van der Waals surface area contributed by atoms with Crippen molar-refractivity contribution in [1.29, 1.82) is 0 Å². The standard InChI is InChI=1S/C19H22N2O4S3/c1-12-6-7-13(19(2,3)4)10-17(12)28(24,25)21-18-20-15-9-8-14(27(5,22)23)11-16(15)26-18/h6-11H,1-5H3,(H,20,21). The van der Waals surface area contributed by atoms with Crippen molar-refractivity contribution in [3.63, 3.8) is 0 Å². The number of nitrogens with one attached hydrogen (secondary N) is 1. The maximum Gasteiger partial charge on any atom is 0.263 e. The smallest absolute Gasteiger partial charge is 0.255 e. The molecule has 0 aliphatic rings. The zero-order valence-electron chi connectivity index (χ0n) is 16.3. The first kappa shape index (κ1) is 20.8. The summed E-state index contributed by atoms with van der Waals surface area (Å²) in [5, 5.41) is 0.196. The van der Waals surface area contributed by atoms with E-state index in [1.807, 2.05) is 26.8 Å². The Bertz CT molecular complexity index is 1270. The van der Waals surface area contributed by atoms with Crippen LogP contribution in [-0.2, 0) is 25.3 Å². The number of sulfonamides is 1. The fourth-order valence-corrected chi connectivity index (χ4v) is 5.84. The molecule has 0 bridgehead atoms. The number of hydrogen-bond acceptors (Lipinski definition) is 6. The number of aryl methyl sites for hydroxylation is 1. The van der Waals surface area contributed by atoms with E-state index in [0.29, 0.717) is 15.8 Å². The van der Waals surface area contributed by atoms with Crippen molar-refractivity contribution in [3.05, 3.63) is 47.5 Å². The Hall–Kier alpha value is -1.97. The molecule has 0 amide bonds. The second-order valence-electron chi connectivity index (χ2n) is 7.76. The van der Waals surface area contributed by atoms with Crippen LogP contribution >= 0.6 is 11.3 Å². The van der Waals surface area contributed by atoms with E-state index in [1.165, 1.54) is 12.1 Å². The normalized spacial score (nSPS) is 13.0. The Balaban J connectivity index is 2.01. The van der Waals surface area contributed by atoms with Crippen molar-refractivity contribution >= 4 is 46.5 Å². The first-order valence-corrected chi connectivity index (χ1v) is 12.7. The highest BCUT2D eigenvalue weighted by atomic mass is 32.2. The predicted molar refractivity (Wildman–Crippen MR) is 113 cm³/mol. The third-order valence-corrected chi connectivity index (χ3v) is 8.01. The molecule has 9 heteroatoms. The fraction of sp³-hybridized carbons (Fsp3) is 0.316. The molecule has 0 atom stereocenters. The lowest BCUT2D eigenvalue weighted by Gasteiger charge is -2.20. The quantitative estimate of drug-likeness (QED) is 0.662. The minimum absolute atomic E-state index is 0.173. The van der Waals surface area contributed by atoms with Crippen LogP contribution in [0.2, 0.25) is 0 Å². The molecule has 0 aliphatic heterocycles. The first-order valence-electron chi connectivity index (χ1n) is 8.52. The van der Waals surface area contributed by atoms with Gasteiger partial charge in [0.15, 0.2) is 15.0 Å². The van der Waals surface area contributed by atoms with Gasteiger partial charge in [0.05, 0.1) is 20.0 Å². The van der Waals surface area contributed by atoms with Gasteiger partial charge in [-0.05, 0) is 47.7 Å². The summed E-state index contributed by atoms with van der Waals surface area (Å²) in [6, 6.07) is 9.96. The summed E-state index contributed by atoms with van der Waals surface area (Å²) < 4.78 is 52.5. The number of aromatic nitrogens is 1. The van der Waals surface area contributed by atoms with Crippen LogP contribution in [0.25, 0.3) is 10.2 Å². The lowest BCUT2D eigenvalue weighted by Crippen LogP contribution is -2.17. The first-order chi connectivity index (χ1) is 12.8. The molecule has 1 N–H and O–H groups in total. The highest BCUT2D eigenvalue weighted by Crippen LogP contribution is 2.31. The molecule has 0 radical (unpaired) electrons. The van der Waals surface area contributed by atoms with E-state index in [-0.39, 0.29) is 20.3 Å². The molecule has 150 valence electrons. The summed E-state index contributed by atoms with van der Waals surface area (Å²) in [5.74, 6) is 0. The van der Waals surface area contributed by atoms with Crippen molar-refractivity contribution in [2.24, 2.45) is 0 Å². The molecule has 3 aromatic rings. The number of benzene rings is 2. The molecule has 6 nitrogen and oxygen atoms in total. The van der Waals surface area contributed by atoms with Crippen LogP contribution in [0.3, 0.4) is 0 Å². The zero-order valence-corrected chi connectivity index (χ0v) is 18.7. The van der Waals surface area contributed by atoms with Gasteiger partial charge in [-0.3, -0.25) is 4.72 Å². The van der Waals surface area contributed by atoms with Gasteiger partial charge in [0, 0.05) is 6.26 Å². The maximum absolute atomic E-state index is 13.0. The average molecular weight is 439 g/mol. The molecule has 1 heterocycles. The summed E-state index contributed by atoms with van der Waals surface area (Å²) in [6.07, 6.45) is 1.13. The van der Waals surface area contributed by atoms with E-state index in [2.05, 4.69) is 9.71 Å². The van der Waals surface area contributed by atoms with Crippen molar-refractivity contribution < 1.29 is 16.8 Å². The Morgan fingerprint density at radius 3 is 2.29 bits per heavy atom. The van der Waals surface area contributed by atoms with Crippen LogP contribution in [-0.4, -0.2) is 28.1 Å². The third-order valence-electron chi connectivity index (χ3n) is 4.35. The maximum atomic E-state index is 13.0. The molecule has 0 unspecified atom stereocenters. The van der Waals surface area contributed by atoms with E-state index >= 15 is 0 Å². The Morgan fingerprint density at radius 1 is 1.00 bits per heavy atom. The topological polar surface area (TPSA) is 93.2 Å². The van der Waals surface area contributed by atoms with Crippen LogP contribution < -0.4 is 4.72 Å². The lowest BCUT2D eigenvalue weighted by atomic mass is 9.87. The van der Waals surface area contributed by atoms with E-state index < -0.39 is 19.9 Å². The molecular weight excluding hydrogens is 416 g/mol. The second kappa shape index (κ2) is 6.82. The Labute approximate surface area is 169 Å². The van der Waals surface area contributed by atoms with Gasteiger partial charge in [-0.15, -0.1) is 0 Å². The summed E-state index contributed by atoms with van der Waals surface area (Å²) in [6.45, 7) is 7.81. The summed E-state index contributed by atoms with van der Waals surface area (Å²) >= 11 is 1.10. The summed E-state index contributed by atoms with van der Waals surface area (Å²) in [4.78, 5) is 4.66. The Morgan fingerprint density at radius 2 is 1.68 bits per heavy atom. The molecule has 0 saturated heterocycles. The number of sulfone groups is 1. The van der Waals surface area contributed by atoms with Gasteiger partial charge in [0.25, 0.3) is 10.0 Å². The van der Waals surface area contributed by atoms with Crippen LogP contribution in [0.5, 0.6) is 0 Å². The SMILES string of the molecule is Cc1ccc(C(C)(C)C)cc1S(=O)(=O)Nc1nc2ccc(S(C)(=O)=O)cc2s1. The van der Waals surface area contributed by atoms with Crippen LogP contribution in [0.4, 0.5) is 5.13 Å². The molecule has 1 aromatic heterocycles. The van der Waals surface area contributed by atoms with Crippen LogP contribution in [0.15, 0.2) is 46.2 Å². The number of rotatable bonds is 4. The van der Waals surface area contributed by atoms with Gasteiger partial charge in [0.2, 0.25) is 0 Å². The minimum atomic E-state index is -3.83. The molecular formula is C19H22N2O4S3. The van der Waals surface area contributed by atoms with Crippen molar-refractivity contribution in [2.45, 2.75) is 42.9 Å².